The van der Waals surface area contributed by atoms with Crippen LogP contribution in [-0.4, -0.2) is 4.98 Å². The minimum absolute atomic E-state index is 0.194. The Morgan fingerprint density at radius 2 is 2.17 bits per heavy atom. The molecule has 0 aliphatic heterocycles. The van der Waals surface area contributed by atoms with E-state index >= 15 is 0 Å². The van der Waals surface area contributed by atoms with Gasteiger partial charge in [0.15, 0.2) is 0 Å². The highest BCUT2D eigenvalue weighted by atomic mass is 35.5. The third-order valence-electron chi connectivity index (χ3n) is 1.29. The van der Waals surface area contributed by atoms with Crippen LogP contribution in [0.1, 0.15) is 17.7 Å². The summed E-state index contributed by atoms with van der Waals surface area (Å²) in [5, 5.41) is -0.194. The van der Waals surface area contributed by atoms with Gasteiger partial charge in [-0.3, -0.25) is 4.98 Å². The third kappa shape index (κ3) is 1.88. The molecule has 1 heterocycles. The molecule has 0 saturated heterocycles. The fraction of sp³-hybridized carbons (Fsp3) is 0.286. The van der Waals surface area contributed by atoms with Gasteiger partial charge in [-0.15, -0.1) is 0 Å². The van der Waals surface area contributed by atoms with Crippen LogP contribution in [0.5, 0.6) is 0 Å². The van der Waals surface area contributed by atoms with Gasteiger partial charge in [0.2, 0.25) is 0 Å². The van der Waals surface area contributed by atoms with Crippen molar-refractivity contribution in [1.29, 1.82) is 0 Å². The van der Waals surface area contributed by atoms with E-state index in [2.05, 4.69) is 4.98 Å². The molecule has 0 saturated carbocycles. The lowest BCUT2D eigenvalue weighted by Crippen LogP contribution is -1.92. The molecule has 0 radical (unpaired) electrons. The molecule has 0 N–H and O–H groups in total. The van der Waals surface area contributed by atoms with E-state index in [0.29, 0.717) is 0 Å². The lowest BCUT2D eigenvalue weighted by molar-refractivity contribution is 0.146. The van der Waals surface area contributed by atoms with Crippen molar-refractivity contribution in [2.75, 3.05) is 0 Å². The Hall–Kier alpha value is -0.770. The van der Waals surface area contributed by atoms with Crippen LogP contribution < -0.4 is 0 Å². The zero-order chi connectivity index (χ0) is 9.14. The van der Waals surface area contributed by atoms with Gasteiger partial charge in [0.05, 0.1) is 5.02 Å². The van der Waals surface area contributed by atoms with Gasteiger partial charge in [0.25, 0.3) is 6.43 Å². The van der Waals surface area contributed by atoms with E-state index in [1.165, 1.54) is 0 Å². The summed E-state index contributed by atoms with van der Waals surface area (Å²) in [6.45, 7) is -0.754. The molecule has 0 aromatic carbocycles. The van der Waals surface area contributed by atoms with Crippen molar-refractivity contribution in [2.45, 2.75) is 13.1 Å². The van der Waals surface area contributed by atoms with Gasteiger partial charge >= 0.3 is 0 Å². The fourth-order valence-corrected chi connectivity index (χ4v) is 0.993. The van der Waals surface area contributed by atoms with Gasteiger partial charge in [-0.25, -0.2) is 13.2 Å². The zero-order valence-electron chi connectivity index (χ0n) is 5.90. The molecule has 0 unspecified atom stereocenters. The largest absolute Gasteiger partial charge is 0.281 e. The number of alkyl halides is 3. The Kier molecular flexibility index (Phi) is 2.92. The Bertz CT molecular complexity index is 277. The Morgan fingerprint density at radius 1 is 1.50 bits per heavy atom. The Labute approximate surface area is 72.2 Å². The van der Waals surface area contributed by atoms with Crippen molar-refractivity contribution in [3.05, 3.63) is 28.5 Å². The predicted molar refractivity (Wildman–Crippen MR) is 39.0 cm³/mol. The molecule has 1 rings (SSSR count). The average molecular weight is 196 g/mol. The summed E-state index contributed by atoms with van der Waals surface area (Å²) >= 11 is 5.39. The monoisotopic (exact) mass is 195 g/mol. The summed E-state index contributed by atoms with van der Waals surface area (Å²) < 4.78 is 36.0. The van der Waals surface area contributed by atoms with E-state index in [0.717, 1.165) is 12.3 Å². The lowest BCUT2D eigenvalue weighted by atomic mass is 10.3. The van der Waals surface area contributed by atoms with Crippen LogP contribution in [0.2, 0.25) is 5.02 Å². The van der Waals surface area contributed by atoms with Gasteiger partial charge in [0.1, 0.15) is 12.4 Å². The summed E-state index contributed by atoms with van der Waals surface area (Å²) in [7, 11) is 0. The second-order valence-corrected chi connectivity index (χ2v) is 2.55. The highest BCUT2D eigenvalue weighted by Gasteiger charge is 2.13. The number of pyridine rings is 1. The van der Waals surface area contributed by atoms with E-state index < -0.39 is 18.8 Å². The Balaban J connectivity index is 3.03. The maximum absolute atomic E-state index is 12.0. The number of rotatable bonds is 2. The normalized spacial score (nSPS) is 10.8. The molecule has 0 amide bonds. The fourth-order valence-electron chi connectivity index (χ4n) is 0.722. The van der Waals surface area contributed by atoms with Crippen molar-refractivity contribution in [1.82, 2.24) is 4.98 Å². The molecule has 0 fully saturated rings. The average Bonchev–Trinajstić information content (AvgIpc) is 2.03. The first-order chi connectivity index (χ1) is 5.65. The minimum Gasteiger partial charge on any atom is -0.253 e. The molecule has 1 nitrogen and oxygen atoms in total. The first kappa shape index (κ1) is 9.32. The molecule has 0 bridgehead atoms. The maximum atomic E-state index is 12.0. The number of hydrogen-bond acceptors (Lipinski definition) is 1. The quantitative estimate of drug-likeness (QED) is 0.707. The molecule has 0 spiro atoms. The number of aromatic nitrogens is 1. The SMILES string of the molecule is FCc1cnc(C(F)F)c(Cl)c1. The molecular formula is C7H5ClF3N. The smallest absolute Gasteiger partial charge is 0.253 e. The van der Waals surface area contributed by atoms with Crippen LogP contribution in [0, 0.1) is 0 Å². The minimum atomic E-state index is -2.72. The van der Waals surface area contributed by atoms with Crippen LogP contribution in [0.15, 0.2) is 12.3 Å². The van der Waals surface area contributed by atoms with E-state index in [4.69, 9.17) is 11.6 Å². The summed E-state index contributed by atoms with van der Waals surface area (Å²) in [5.41, 5.74) is -0.307. The number of hydrogen-bond donors (Lipinski definition) is 0. The molecule has 0 aliphatic carbocycles. The summed E-state index contributed by atoms with van der Waals surface area (Å²) in [4.78, 5) is 3.33. The van der Waals surface area contributed by atoms with Crippen molar-refractivity contribution in [2.24, 2.45) is 0 Å². The first-order valence-corrected chi connectivity index (χ1v) is 3.51. The van der Waals surface area contributed by atoms with Gasteiger partial charge in [-0.2, -0.15) is 0 Å². The molecule has 0 atom stereocenters. The van der Waals surface area contributed by atoms with E-state index in [-0.39, 0.29) is 10.6 Å². The Morgan fingerprint density at radius 3 is 2.58 bits per heavy atom. The van der Waals surface area contributed by atoms with Crippen molar-refractivity contribution >= 4 is 11.6 Å². The maximum Gasteiger partial charge on any atom is 0.281 e. The van der Waals surface area contributed by atoms with Crippen molar-refractivity contribution < 1.29 is 13.2 Å². The van der Waals surface area contributed by atoms with Gasteiger partial charge in [0, 0.05) is 11.8 Å². The van der Waals surface area contributed by atoms with E-state index in [9.17, 15) is 13.2 Å². The van der Waals surface area contributed by atoms with Crippen LogP contribution in [-0.2, 0) is 6.67 Å². The van der Waals surface area contributed by atoms with Crippen molar-refractivity contribution in [3.63, 3.8) is 0 Å². The molecule has 0 aliphatic rings. The summed E-state index contributed by atoms with van der Waals surface area (Å²) in [6.07, 6.45) is -1.67. The highest BCUT2D eigenvalue weighted by Crippen LogP contribution is 2.25. The summed E-state index contributed by atoms with van der Waals surface area (Å²) in [6, 6.07) is 1.15. The number of nitrogens with zero attached hydrogens (tertiary/aromatic N) is 1. The lowest BCUT2D eigenvalue weighted by Gasteiger charge is -2.02. The highest BCUT2D eigenvalue weighted by molar-refractivity contribution is 6.31. The van der Waals surface area contributed by atoms with Crippen LogP contribution in [0.4, 0.5) is 13.2 Å². The molecule has 5 heteroatoms. The molecular weight excluding hydrogens is 191 g/mol. The van der Waals surface area contributed by atoms with Gasteiger partial charge in [-0.1, -0.05) is 11.6 Å². The number of halogens is 4. The molecule has 66 valence electrons. The third-order valence-corrected chi connectivity index (χ3v) is 1.59. The second kappa shape index (κ2) is 3.76. The van der Waals surface area contributed by atoms with Gasteiger partial charge < -0.3 is 0 Å². The topological polar surface area (TPSA) is 12.9 Å². The van der Waals surface area contributed by atoms with E-state index in [1.807, 2.05) is 0 Å². The molecule has 12 heavy (non-hydrogen) atoms. The van der Waals surface area contributed by atoms with Gasteiger partial charge in [-0.05, 0) is 6.07 Å². The van der Waals surface area contributed by atoms with Crippen LogP contribution in [0.3, 0.4) is 0 Å². The predicted octanol–water partition coefficient (Wildman–Crippen LogP) is 3.14. The first-order valence-electron chi connectivity index (χ1n) is 3.13. The molecule has 1 aromatic heterocycles. The molecule has 1 aromatic rings. The van der Waals surface area contributed by atoms with Crippen molar-refractivity contribution in [3.8, 4) is 0 Å². The van der Waals surface area contributed by atoms with E-state index in [1.54, 1.807) is 0 Å². The second-order valence-electron chi connectivity index (χ2n) is 2.14. The standard InChI is InChI=1S/C7H5ClF3N/c8-5-1-4(2-9)3-12-6(5)7(10)11/h1,3,7H,2H2. The summed E-state index contributed by atoms with van der Waals surface area (Å²) in [5.74, 6) is 0. The van der Waals surface area contributed by atoms with Crippen LogP contribution in [0.25, 0.3) is 0 Å². The zero-order valence-corrected chi connectivity index (χ0v) is 6.65. The van der Waals surface area contributed by atoms with Crippen LogP contribution >= 0.6 is 11.6 Å².